The van der Waals surface area contributed by atoms with E-state index in [0.717, 1.165) is 24.3 Å². The molecule has 1 aromatic rings. The Kier molecular flexibility index (Phi) is 3.01. The molecule has 76 valence electrons. The fraction of sp³-hybridized carbons (Fsp3) is 0.455. The maximum absolute atomic E-state index is 5.79. The predicted octanol–water partition coefficient (Wildman–Crippen LogP) is 1.31. The third kappa shape index (κ3) is 2.05. The van der Waals surface area contributed by atoms with Gasteiger partial charge in [-0.25, -0.2) is 0 Å². The number of rotatable bonds is 3. The molecule has 0 radical (unpaired) electrons. The van der Waals surface area contributed by atoms with Crippen molar-refractivity contribution < 1.29 is 9.47 Å². The molecule has 1 heterocycles. The van der Waals surface area contributed by atoms with Crippen LogP contribution in [0.4, 0.5) is 0 Å². The molecule has 0 spiro atoms. The minimum absolute atomic E-state index is 0.197. The second-order valence-electron chi connectivity index (χ2n) is 3.42. The van der Waals surface area contributed by atoms with Crippen molar-refractivity contribution in [2.24, 2.45) is 5.73 Å². The number of ether oxygens (including phenoxy) is 2. The molecule has 1 fully saturated rings. The van der Waals surface area contributed by atoms with E-state index in [0.29, 0.717) is 13.2 Å². The summed E-state index contributed by atoms with van der Waals surface area (Å²) < 4.78 is 11.0. The van der Waals surface area contributed by atoms with Gasteiger partial charge in [0.1, 0.15) is 11.9 Å². The Bertz CT molecular complexity index is 295. The molecule has 14 heavy (non-hydrogen) atoms. The van der Waals surface area contributed by atoms with Gasteiger partial charge in [-0.1, -0.05) is 18.2 Å². The van der Waals surface area contributed by atoms with Crippen LogP contribution in [0.1, 0.15) is 12.0 Å². The number of para-hydroxylation sites is 1. The van der Waals surface area contributed by atoms with Gasteiger partial charge in [0, 0.05) is 18.5 Å². The standard InChI is InChI=1S/C11H15NO2/c12-7-9-3-1-2-4-11(9)14-10-5-6-13-8-10/h1-4,10H,5-8,12H2. The van der Waals surface area contributed by atoms with Crippen LogP contribution in [0.5, 0.6) is 5.75 Å². The first-order valence-electron chi connectivity index (χ1n) is 4.92. The van der Waals surface area contributed by atoms with E-state index >= 15 is 0 Å². The van der Waals surface area contributed by atoms with E-state index in [2.05, 4.69) is 0 Å². The molecule has 2 rings (SSSR count). The normalized spacial score (nSPS) is 21.1. The molecular weight excluding hydrogens is 178 g/mol. The fourth-order valence-electron chi connectivity index (χ4n) is 1.57. The van der Waals surface area contributed by atoms with Crippen molar-refractivity contribution in [1.29, 1.82) is 0 Å². The van der Waals surface area contributed by atoms with E-state index in [1.54, 1.807) is 0 Å². The van der Waals surface area contributed by atoms with Crippen LogP contribution < -0.4 is 10.5 Å². The molecule has 0 aromatic heterocycles. The Morgan fingerprint density at radius 2 is 2.29 bits per heavy atom. The average molecular weight is 193 g/mol. The number of benzene rings is 1. The molecule has 3 heteroatoms. The molecule has 0 bridgehead atoms. The van der Waals surface area contributed by atoms with Crippen molar-refractivity contribution in [2.45, 2.75) is 19.1 Å². The Balaban J connectivity index is 2.07. The zero-order valence-corrected chi connectivity index (χ0v) is 8.11. The Morgan fingerprint density at radius 1 is 1.43 bits per heavy atom. The van der Waals surface area contributed by atoms with Gasteiger partial charge in [0.05, 0.1) is 13.2 Å². The van der Waals surface area contributed by atoms with Crippen LogP contribution in [0.3, 0.4) is 0 Å². The van der Waals surface area contributed by atoms with Gasteiger partial charge in [-0.2, -0.15) is 0 Å². The van der Waals surface area contributed by atoms with E-state index in [-0.39, 0.29) is 6.10 Å². The highest BCUT2D eigenvalue weighted by molar-refractivity contribution is 5.33. The minimum atomic E-state index is 0.197. The Morgan fingerprint density at radius 3 is 3.00 bits per heavy atom. The SMILES string of the molecule is NCc1ccccc1OC1CCOC1. The van der Waals surface area contributed by atoms with Gasteiger partial charge in [0.25, 0.3) is 0 Å². The first kappa shape index (κ1) is 9.49. The van der Waals surface area contributed by atoms with Crippen LogP contribution in [0, 0.1) is 0 Å². The van der Waals surface area contributed by atoms with Crippen molar-refractivity contribution >= 4 is 0 Å². The summed E-state index contributed by atoms with van der Waals surface area (Å²) in [7, 11) is 0. The summed E-state index contributed by atoms with van der Waals surface area (Å²) in [5.74, 6) is 0.894. The van der Waals surface area contributed by atoms with Gasteiger partial charge < -0.3 is 15.2 Å². The summed E-state index contributed by atoms with van der Waals surface area (Å²) in [6.45, 7) is 2.01. The van der Waals surface area contributed by atoms with Crippen molar-refractivity contribution in [3.05, 3.63) is 29.8 Å². The van der Waals surface area contributed by atoms with Gasteiger partial charge in [0.15, 0.2) is 0 Å². The van der Waals surface area contributed by atoms with Crippen LogP contribution in [0.25, 0.3) is 0 Å². The van der Waals surface area contributed by atoms with E-state index in [1.807, 2.05) is 24.3 Å². The lowest BCUT2D eigenvalue weighted by molar-refractivity contribution is 0.140. The summed E-state index contributed by atoms with van der Waals surface area (Å²) in [5, 5.41) is 0. The largest absolute Gasteiger partial charge is 0.488 e. The quantitative estimate of drug-likeness (QED) is 0.787. The third-order valence-corrected chi connectivity index (χ3v) is 2.37. The van der Waals surface area contributed by atoms with E-state index in [4.69, 9.17) is 15.2 Å². The Labute approximate surface area is 83.8 Å². The van der Waals surface area contributed by atoms with Crippen LogP contribution >= 0.6 is 0 Å². The minimum Gasteiger partial charge on any atom is -0.488 e. The van der Waals surface area contributed by atoms with Gasteiger partial charge in [-0.3, -0.25) is 0 Å². The van der Waals surface area contributed by atoms with Gasteiger partial charge in [0.2, 0.25) is 0 Å². The van der Waals surface area contributed by atoms with E-state index < -0.39 is 0 Å². The number of nitrogens with two attached hydrogens (primary N) is 1. The first-order chi connectivity index (χ1) is 6.90. The molecule has 0 amide bonds. The molecule has 0 saturated carbocycles. The summed E-state index contributed by atoms with van der Waals surface area (Å²) in [5.41, 5.74) is 6.67. The second kappa shape index (κ2) is 4.44. The van der Waals surface area contributed by atoms with Crippen molar-refractivity contribution in [3.63, 3.8) is 0 Å². The van der Waals surface area contributed by atoms with Gasteiger partial charge in [-0.15, -0.1) is 0 Å². The predicted molar refractivity (Wildman–Crippen MR) is 54.2 cm³/mol. The molecule has 0 aliphatic carbocycles. The smallest absolute Gasteiger partial charge is 0.124 e. The fourth-order valence-corrected chi connectivity index (χ4v) is 1.57. The maximum atomic E-state index is 5.79. The second-order valence-corrected chi connectivity index (χ2v) is 3.42. The van der Waals surface area contributed by atoms with Crippen LogP contribution in [0.15, 0.2) is 24.3 Å². The molecule has 2 N–H and O–H groups in total. The van der Waals surface area contributed by atoms with Crippen LogP contribution in [0.2, 0.25) is 0 Å². The lowest BCUT2D eigenvalue weighted by atomic mass is 10.2. The highest BCUT2D eigenvalue weighted by atomic mass is 16.5. The first-order valence-corrected chi connectivity index (χ1v) is 4.92. The third-order valence-electron chi connectivity index (χ3n) is 2.37. The molecular formula is C11H15NO2. The highest BCUT2D eigenvalue weighted by Gasteiger charge is 2.17. The van der Waals surface area contributed by atoms with Crippen molar-refractivity contribution in [2.75, 3.05) is 13.2 Å². The summed E-state index contributed by atoms with van der Waals surface area (Å²) in [6, 6.07) is 7.89. The molecule has 1 aromatic carbocycles. The highest BCUT2D eigenvalue weighted by Crippen LogP contribution is 2.21. The molecule has 1 unspecified atom stereocenters. The lowest BCUT2D eigenvalue weighted by Gasteiger charge is -2.14. The monoisotopic (exact) mass is 193 g/mol. The van der Waals surface area contributed by atoms with Crippen molar-refractivity contribution in [3.8, 4) is 5.75 Å². The van der Waals surface area contributed by atoms with E-state index in [9.17, 15) is 0 Å². The molecule has 1 atom stereocenters. The average Bonchev–Trinajstić information content (AvgIpc) is 2.71. The lowest BCUT2D eigenvalue weighted by Crippen LogP contribution is -2.17. The van der Waals surface area contributed by atoms with Crippen LogP contribution in [-0.2, 0) is 11.3 Å². The van der Waals surface area contributed by atoms with Gasteiger partial charge in [-0.05, 0) is 6.07 Å². The van der Waals surface area contributed by atoms with Crippen LogP contribution in [-0.4, -0.2) is 19.3 Å². The molecule has 1 aliphatic heterocycles. The zero-order chi connectivity index (χ0) is 9.80. The molecule has 3 nitrogen and oxygen atoms in total. The Hall–Kier alpha value is -1.06. The summed E-state index contributed by atoms with van der Waals surface area (Å²) >= 11 is 0. The molecule has 1 saturated heterocycles. The van der Waals surface area contributed by atoms with Gasteiger partial charge >= 0.3 is 0 Å². The number of hydrogen-bond acceptors (Lipinski definition) is 3. The molecule has 1 aliphatic rings. The maximum Gasteiger partial charge on any atom is 0.124 e. The topological polar surface area (TPSA) is 44.5 Å². The summed E-state index contributed by atoms with van der Waals surface area (Å²) in [6.07, 6.45) is 1.17. The van der Waals surface area contributed by atoms with E-state index in [1.165, 1.54) is 0 Å². The number of hydrogen-bond donors (Lipinski definition) is 1. The zero-order valence-electron chi connectivity index (χ0n) is 8.11. The summed E-state index contributed by atoms with van der Waals surface area (Å²) in [4.78, 5) is 0. The van der Waals surface area contributed by atoms with Crippen molar-refractivity contribution in [1.82, 2.24) is 0 Å².